The molecule has 28 heavy (non-hydrogen) atoms. The molecule has 144 valence electrons. The first-order valence-corrected chi connectivity index (χ1v) is 11.0. The number of fused-ring (bicyclic) bond motifs is 1. The Labute approximate surface area is 168 Å². The van der Waals surface area contributed by atoms with Crippen molar-refractivity contribution in [3.8, 4) is 0 Å². The third-order valence-corrected chi connectivity index (χ3v) is 6.46. The van der Waals surface area contributed by atoms with Crippen molar-refractivity contribution in [1.29, 1.82) is 0 Å². The Morgan fingerprint density at radius 3 is 2.75 bits per heavy atom. The predicted molar refractivity (Wildman–Crippen MR) is 113 cm³/mol. The molecular weight excluding hydrogens is 368 g/mol. The van der Waals surface area contributed by atoms with Crippen LogP contribution in [-0.4, -0.2) is 36.8 Å². The highest BCUT2D eigenvalue weighted by Crippen LogP contribution is 2.43. The lowest BCUT2D eigenvalue weighted by molar-refractivity contribution is 0.477. The molecule has 6 nitrogen and oxygen atoms in total. The van der Waals surface area contributed by atoms with Crippen LogP contribution in [0.1, 0.15) is 50.1 Å². The van der Waals surface area contributed by atoms with Crippen molar-refractivity contribution in [2.45, 2.75) is 55.8 Å². The lowest BCUT2D eigenvalue weighted by Crippen LogP contribution is -2.10. The highest BCUT2D eigenvalue weighted by molar-refractivity contribution is 7.99. The van der Waals surface area contributed by atoms with E-state index < -0.39 is 0 Å². The number of allylic oxidation sites excluding steroid dienone is 2. The molecule has 0 radical (unpaired) electrons. The van der Waals surface area contributed by atoms with Gasteiger partial charge >= 0.3 is 0 Å². The molecule has 2 aromatic heterocycles. The molecule has 0 aliphatic heterocycles. The maximum atomic E-state index is 4.80. The lowest BCUT2D eigenvalue weighted by Gasteiger charge is -2.11. The average Bonchev–Trinajstić information content (AvgIpc) is 3.10. The summed E-state index contributed by atoms with van der Waals surface area (Å²) in [6, 6.07) is 11.4. The Hall–Kier alpha value is -2.41. The number of thioether (sulfide) groups is 1. The van der Waals surface area contributed by atoms with Crippen LogP contribution in [0.25, 0.3) is 11.2 Å². The summed E-state index contributed by atoms with van der Waals surface area (Å²) >= 11 is 1.70. The SMILES string of the molecule is CCCSc1nc(NC2CC2c2ccccc2)c2nnn(C3CC=CC3)c2n1. The first-order valence-electron chi connectivity index (χ1n) is 10.1. The number of nitrogens with zero attached hydrogens (tertiary/aromatic N) is 5. The molecule has 2 atom stereocenters. The van der Waals surface area contributed by atoms with Crippen molar-refractivity contribution < 1.29 is 0 Å². The number of anilines is 1. The minimum atomic E-state index is 0.315. The molecule has 3 aromatic rings. The molecule has 2 aliphatic rings. The summed E-state index contributed by atoms with van der Waals surface area (Å²) in [6.07, 6.45) is 8.60. The molecule has 1 saturated carbocycles. The van der Waals surface area contributed by atoms with E-state index in [1.165, 1.54) is 5.56 Å². The fourth-order valence-corrected chi connectivity index (χ4v) is 4.51. The molecule has 5 rings (SSSR count). The lowest BCUT2D eigenvalue weighted by atomic mass is 10.1. The quantitative estimate of drug-likeness (QED) is 0.360. The Balaban J connectivity index is 1.45. The van der Waals surface area contributed by atoms with Crippen molar-refractivity contribution in [2.24, 2.45) is 0 Å². The monoisotopic (exact) mass is 392 g/mol. The number of aromatic nitrogens is 5. The van der Waals surface area contributed by atoms with Crippen molar-refractivity contribution in [2.75, 3.05) is 11.1 Å². The topological polar surface area (TPSA) is 68.5 Å². The number of nitrogens with one attached hydrogen (secondary N) is 1. The summed E-state index contributed by atoms with van der Waals surface area (Å²) in [5.74, 6) is 2.37. The first kappa shape index (κ1) is 17.7. The van der Waals surface area contributed by atoms with Gasteiger partial charge in [0.2, 0.25) is 0 Å². The van der Waals surface area contributed by atoms with Crippen LogP contribution in [0.3, 0.4) is 0 Å². The summed E-state index contributed by atoms with van der Waals surface area (Å²) in [7, 11) is 0. The maximum absolute atomic E-state index is 4.80. The minimum Gasteiger partial charge on any atom is -0.365 e. The standard InChI is InChI=1S/C21H24N6S/c1-2-12-28-21-23-19(22-17-13-16(17)14-8-4-3-5-9-14)18-20(24-21)27(26-25-18)15-10-6-7-11-15/h3-9,15-17H,2,10-13H2,1H3,(H,22,23,24). The van der Waals surface area contributed by atoms with Gasteiger partial charge < -0.3 is 5.32 Å². The minimum absolute atomic E-state index is 0.315. The fourth-order valence-electron chi connectivity index (χ4n) is 3.82. The van der Waals surface area contributed by atoms with Crippen molar-refractivity contribution in [1.82, 2.24) is 25.0 Å². The van der Waals surface area contributed by atoms with Crippen LogP contribution in [0.15, 0.2) is 47.6 Å². The smallest absolute Gasteiger partial charge is 0.191 e. The predicted octanol–water partition coefficient (Wildman–Crippen LogP) is 4.58. The Bertz CT molecular complexity index is 991. The van der Waals surface area contributed by atoms with Crippen molar-refractivity contribution in [3.63, 3.8) is 0 Å². The Kier molecular flexibility index (Phi) is 4.76. The summed E-state index contributed by atoms with van der Waals surface area (Å²) < 4.78 is 1.99. The molecular formula is C21H24N6S. The maximum Gasteiger partial charge on any atom is 0.191 e. The molecule has 7 heteroatoms. The fraction of sp³-hybridized carbons (Fsp3) is 0.429. The van der Waals surface area contributed by atoms with Gasteiger partial charge in [0.1, 0.15) is 0 Å². The molecule has 2 heterocycles. The molecule has 0 bridgehead atoms. The largest absolute Gasteiger partial charge is 0.365 e. The molecule has 1 fully saturated rings. The summed E-state index contributed by atoms with van der Waals surface area (Å²) in [5, 5.41) is 13.3. The van der Waals surface area contributed by atoms with Gasteiger partial charge in [-0.25, -0.2) is 14.6 Å². The van der Waals surface area contributed by atoms with E-state index in [1.54, 1.807) is 11.8 Å². The van der Waals surface area contributed by atoms with E-state index in [1.807, 2.05) is 4.68 Å². The van der Waals surface area contributed by atoms with E-state index in [-0.39, 0.29) is 0 Å². The Morgan fingerprint density at radius 2 is 1.96 bits per heavy atom. The second-order valence-electron chi connectivity index (χ2n) is 7.51. The van der Waals surface area contributed by atoms with Crippen LogP contribution in [0.5, 0.6) is 0 Å². The molecule has 0 spiro atoms. The van der Waals surface area contributed by atoms with Crippen LogP contribution in [0.2, 0.25) is 0 Å². The van der Waals surface area contributed by atoms with E-state index in [2.05, 4.69) is 65.0 Å². The van der Waals surface area contributed by atoms with E-state index in [4.69, 9.17) is 9.97 Å². The van der Waals surface area contributed by atoms with Gasteiger partial charge in [-0.1, -0.05) is 66.4 Å². The van der Waals surface area contributed by atoms with E-state index in [0.29, 0.717) is 18.0 Å². The number of hydrogen-bond donors (Lipinski definition) is 1. The van der Waals surface area contributed by atoms with E-state index in [9.17, 15) is 0 Å². The zero-order valence-corrected chi connectivity index (χ0v) is 16.8. The first-order chi connectivity index (χ1) is 13.8. The zero-order chi connectivity index (χ0) is 18.9. The van der Waals surface area contributed by atoms with Crippen LogP contribution in [0.4, 0.5) is 5.82 Å². The average molecular weight is 393 g/mol. The summed E-state index contributed by atoms with van der Waals surface area (Å²) in [5.41, 5.74) is 3.01. The number of hydrogen-bond acceptors (Lipinski definition) is 6. The molecule has 0 saturated heterocycles. The van der Waals surface area contributed by atoms with Gasteiger partial charge in [-0.15, -0.1) is 5.10 Å². The van der Waals surface area contributed by atoms with E-state index in [0.717, 1.165) is 53.6 Å². The van der Waals surface area contributed by atoms with Gasteiger partial charge in [-0.3, -0.25) is 0 Å². The third kappa shape index (κ3) is 3.39. The van der Waals surface area contributed by atoms with Crippen molar-refractivity contribution >= 4 is 28.7 Å². The molecule has 0 amide bonds. The normalized spacial score (nSPS) is 21.5. The molecule has 2 aliphatic carbocycles. The highest BCUT2D eigenvalue weighted by Gasteiger charge is 2.39. The Morgan fingerprint density at radius 1 is 1.14 bits per heavy atom. The van der Waals surface area contributed by atoms with Crippen LogP contribution in [0, 0.1) is 0 Å². The third-order valence-electron chi connectivity index (χ3n) is 5.41. The van der Waals surface area contributed by atoms with Crippen LogP contribution >= 0.6 is 11.8 Å². The van der Waals surface area contributed by atoms with Gasteiger partial charge in [0.25, 0.3) is 0 Å². The summed E-state index contributed by atoms with van der Waals surface area (Å²) in [6.45, 7) is 2.18. The van der Waals surface area contributed by atoms with Gasteiger partial charge in [-0.2, -0.15) is 0 Å². The summed E-state index contributed by atoms with van der Waals surface area (Å²) in [4.78, 5) is 9.60. The second-order valence-corrected chi connectivity index (χ2v) is 8.57. The molecule has 2 unspecified atom stereocenters. The van der Waals surface area contributed by atoms with Gasteiger partial charge in [0, 0.05) is 17.7 Å². The molecule has 1 N–H and O–H groups in total. The van der Waals surface area contributed by atoms with Crippen LogP contribution in [-0.2, 0) is 0 Å². The highest BCUT2D eigenvalue weighted by atomic mass is 32.2. The van der Waals surface area contributed by atoms with Gasteiger partial charge in [-0.05, 0) is 31.2 Å². The zero-order valence-electron chi connectivity index (χ0n) is 16.0. The van der Waals surface area contributed by atoms with Crippen LogP contribution < -0.4 is 5.32 Å². The molecule has 1 aromatic carbocycles. The van der Waals surface area contributed by atoms with E-state index >= 15 is 0 Å². The second kappa shape index (κ2) is 7.54. The number of benzene rings is 1. The number of rotatable bonds is 7. The van der Waals surface area contributed by atoms with Gasteiger partial charge in [0.05, 0.1) is 6.04 Å². The van der Waals surface area contributed by atoms with Gasteiger partial charge in [0.15, 0.2) is 22.1 Å². The van der Waals surface area contributed by atoms with Crippen molar-refractivity contribution in [3.05, 3.63) is 48.0 Å².